The van der Waals surface area contributed by atoms with Crippen LogP contribution >= 0.6 is 0 Å². The molecule has 0 saturated heterocycles. The predicted molar refractivity (Wildman–Crippen MR) is 79.7 cm³/mol. The molecule has 1 amide bonds. The third-order valence-electron chi connectivity index (χ3n) is 3.11. The first-order valence-corrected chi connectivity index (χ1v) is 6.29. The Kier molecular flexibility index (Phi) is 3.89. The lowest BCUT2D eigenvalue weighted by Gasteiger charge is -2.10. The summed E-state index contributed by atoms with van der Waals surface area (Å²) in [6.07, 6.45) is 1.50. The second-order valence-corrected chi connectivity index (χ2v) is 4.74. The van der Waals surface area contributed by atoms with Crippen molar-refractivity contribution in [3.8, 4) is 0 Å². The molecule has 5 nitrogen and oxygen atoms in total. The van der Waals surface area contributed by atoms with Crippen LogP contribution in [-0.2, 0) is 11.3 Å². The Hall–Kier alpha value is -2.56. The lowest BCUT2D eigenvalue weighted by atomic mass is 10.2. The molecule has 0 atom stereocenters. The maximum Gasteiger partial charge on any atom is 0.251 e. The van der Waals surface area contributed by atoms with Gasteiger partial charge in [0.15, 0.2) is 0 Å². The van der Waals surface area contributed by atoms with Crippen molar-refractivity contribution in [1.82, 2.24) is 4.57 Å². The maximum atomic E-state index is 12.0. The molecule has 0 bridgehead atoms. The van der Waals surface area contributed by atoms with Crippen molar-refractivity contribution in [3.05, 3.63) is 58.0 Å². The summed E-state index contributed by atoms with van der Waals surface area (Å²) < 4.78 is 1.30. The number of anilines is 2. The third kappa shape index (κ3) is 3.06. The first-order chi connectivity index (χ1) is 9.47. The van der Waals surface area contributed by atoms with Gasteiger partial charge in [-0.05, 0) is 31.0 Å². The van der Waals surface area contributed by atoms with Crippen molar-refractivity contribution in [2.75, 3.05) is 11.1 Å². The number of hydrogen-bond acceptors (Lipinski definition) is 3. The minimum Gasteiger partial charge on any atom is -0.397 e. The number of para-hydroxylation sites is 1. The Morgan fingerprint density at radius 1 is 1.25 bits per heavy atom. The zero-order valence-electron chi connectivity index (χ0n) is 11.5. The van der Waals surface area contributed by atoms with Crippen LogP contribution < -0.4 is 16.6 Å². The lowest BCUT2D eigenvalue weighted by molar-refractivity contribution is -0.116. The smallest absolute Gasteiger partial charge is 0.251 e. The van der Waals surface area contributed by atoms with E-state index in [9.17, 15) is 9.59 Å². The van der Waals surface area contributed by atoms with Crippen LogP contribution in [0.5, 0.6) is 0 Å². The topological polar surface area (TPSA) is 77.1 Å². The summed E-state index contributed by atoms with van der Waals surface area (Å²) in [5.41, 5.74) is 8.43. The molecule has 1 heterocycles. The van der Waals surface area contributed by atoms with Crippen molar-refractivity contribution in [2.24, 2.45) is 0 Å². The molecule has 104 valence electrons. The zero-order chi connectivity index (χ0) is 14.7. The van der Waals surface area contributed by atoms with Gasteiger partial charge < -0.3 is 15.6 Å². The van der Waals surface area contributed by atoms with E-state index in [2.05, 4.69) is 5.32 Å². The van der Waals surface area contributed by atoms with Crippen LogP contribution in [0, 0.1) is 13.8 Å². The molecule has 0 spiro atoms. The highest BCUT2D eigenvalue weighted by molar-refractivity contribution is 5.91. The van der Waals surface area contributed by atoms with Crippen LogP contribution in [0.3, 0.4) is 0 Å². The molecule has 1 aromatic heterocycles. The molecule has 1 aromatic carbocycles. The van der Waals surface area contributed by atoms with Crippen LogP contribution in [0.2, 0.25) is 0 Å². The van der Waals surface area contributed by atoms with Gasteiger partial charge in [0.05, 0.1) is 5.69 Å². The number of nitrogens with one attached hydrogen (secondary N) is 1. The third-order valence-corrected chi connectivity index (χ3v) is 3.11. The first-order valence-electron chi connectivity index (χ1n) is 6.29. The number of benzene rings is 1. The van der Waals surface area contributed by atoms with Gasteiger partial charge in [-0.1, -0.05) is 18.2 Å². The van der Waals surface area contributed by atoms with Gasteiger partial charge in [-0.2, -0.15) is 0 Å². The first kappa shape index (κ1) is 13.9. The quantitative estimate of drug-likeness (QED) is 0.891. The van der Waals surface area contributed by atoms with E-state index in [4.69, 9.17) is 5.73 Å². The maximum absolute atomic E-state index is 12.0. The number of amides is 1. The number of nitrogens with zero attached hydrogens (tertiary/aromatic N) is 1. The summed E-state index contributed by atoms with van der Waals surface area (Å²) in [5.74, 6) is -0.260. The highest BCUT2D eigenvalue weighted by atomic mass is 16.2. The Bertz CT molecular complexity index is 705. The molecule has 5 heteroatoms. The average Bonchev–Trinajstić information content (AvgIpc) is 2.39. The normalized spacial score (nSPS) is 10.3. The van der Waals surface area contributed by atoms with Crippen molar-refractivity contribution in [2.45, 2.75) is 20.4 Å². The fraction of sp³-hybridized carbons (Fsp3) is 0.200. The Morgan fingerprint density at radius 2 is 1.95 bits per heavy atom. The van der Waals surface area contributed by atoms with Crippen molar-refractivity contribution in [1.29, 1.82) is 0 Å². The number of nitrogen functional groups attached to an aromatic ring is 1. The van der Waals surface area contributed by atoms with Gasteiger partial charge in [0.1, 0.15) is 6.54 Å². The van der Waals surface area contributed by atoms with E-state index in [1.54, 1.807) is 6.92 Å². The van der Waals surface area contributed by atoms with Gasteiger partial charge in [-0.15, -0.1) is 0 Å². The van der Waals surface area contributed by atoms with E-state index in [1.807, 2.05) is 31.2 Å². The summed E-state index contributed by atoms with van der Waals surface area (Å²) in [4.78, 5) is 23.7. The second kappa shape index (κ2) is 5.61. The molecule has 0 aliphatic heterocycles. The molecule has 20 heavy (non-hydrogen) atoms. The minimum atomic E-state index is -0.260. The summed E-state index contributed by atoms with van der Waals surface area (Å²) in [6.45, 7) is 3.61. The molecular weight excluding hydrogens is 254 g/mol. The number of carbonyl (C=O) groups is 1. The van der Waals surface area contributed by atoms with Gasteiger partial charge in [0.25, 0.3) is 5.56 Å². The number of nitrogens with two attached hydrogens (primary N) is 1. The number of rotatable bonds is 3. The number of aryl methyl sites for hydroxylation is 2. The number of carbonyl (C=O) groups excluding carboxylic acids is 1. The van der Waals surface area contributed by atoms with Crippen molar-refractivity contribution >= 4 is 17.3 Å². The van der Waals surface area contributed by atoms with Crippen LogP contribution in [0.4, 0.5) is 11.4 Å². The van der Waals surface area contributed by atoms with E-state index in [-0.39, 0.29) is 18.0 Å². The number of pyridine rings is 1. The number of hydrogen-bond donors (Lipinski definition) is 2. The van der Waals surface area contributed by atoms with Crippen molar-refractivity contribution < 1.29 is 4.79 Å². The van der Waals surface area contributed by atoms with Gasteiger partial charge >= 0.3 is 0 Å². The molecular formula is C15H17N3O2. The van der Waals surface area contributed by atoms with Gasteiger partial charge in [0, 0.05) is 18.0 Å². The van der Waals surface area contributed by atoms with Gasteiger partial charge in [0.2, 0.25) is 5.91 Å². The standard InChI is InChI=1S/C15H17N3O2/c1-10-5-3-4-6-13(10)17-14(19)9-18-8-12(16)11(2)7-15(18)20/h3-8H,9,16H2,1-2H3,(H,17,19). The van der Waals surface area contributed by atoms with E-state index < -0.39 is 0 Å². The molecule has 2 aromatic rings. The van der Waals surface area contributed by atoms with Crippen LogP contribution in [0.15, 0.2) is 41.3 Å². The van der Waals surface area contributed by atoms with Gasteiger partial charge in [-0.25, -0.2) is 0 Å². The average molecular weight is 271 g/mol. The Morgan fingerprint density at radius 3 is 2.65 bits per heavy atom. The largest absolute Gasteiger partial charge is 0.397 e. The summed E-state index contributed by atoms with van der Waals surface area (Å²) in [5, 5.41) is 2.78. The second-order valence-electron chi connectivity index (χ2n) is 4.74. The summed E-state index contributed by atoms with van der Waals surface area (Å²) in [6, 6.07) is 8.90. The molecule has 0 fully saturated rings. The Labute approximate surface area is 117 Å². The molecule has 0 radical (unpaired) electrons. The lowest BCUT2D eigenvalue weighted by Crippen LogP contribution is -2.27. The zero-order valence-corrected chi connectivity index (χ0v) is 11.5. The van der Waals surface area contributed by atoms with E-state index in [0.29, 0.717) is 11.3 Å². The van der Waals surface area contributed by atoms with E-state index in [0.717, 1.165) is 11.3 Å². The number of aromatic nitrogens is 1. The van der Waals surface area contributed by atoms with Crippen LogP contribution in [-0.4, -0.2) is 10.5 Å². The monoisotopic (exact) mass is 271 g/mol. The molecule has 2 rings (SSSR count). The summed E-state index contributed by atoms with van der Waals surface area (Å²) in [7, 11) is 0. The molecule has 3 N–H and O–H groups in total. The predicted octanol–water partition coefficient (Wildman–Crippen LogP) is 1.69. The summed E-state index contributed by atoms with van der Waals surface area (Å²) >= 11 is 0. The SMILES string of the molecule is Cc1cc(=O)n(CC(=O)Nc2ccccc2C)cc1N. The van der Waals surface area contributed by atoms with Crippen LogP contribution in [0.25, 0.3) is 0 Å². The molecule has 0 aliphatic rings. The van der Waals surface area contributed by atoms with E-state index in [1.165, 1.54) is 16.8 Å². The molecule has 0 unspecified atom stereocenters. The fourth-order valence-corrected chi connectivity index (χ4v) is 1.87. The molecule has 0 aliphatic carbocycles. The van der Waals surface area contributed by atoms with Crippen LogP contribution in [0.1, 0.15) is 11.1 Å². The van der Waals surface area contributed by atoms with Crippen molar-refractivity contribution in [3.63, 3.8) is 0 Å². The van der Waals surface area contributed by atoms with E-state index >= 15 is 0 Å². The highest BCUT2D eigenvalue weighted by Crippen LogP contribution is 2.13. The van der Waals surface area contributed by atoms with Gasteiger partial charge in [-0.3, -0.25) is 9.59 Å². The molecule has 0 saturated carbocycles. The highest BCUT2D eigenvalue weighted by Gasteiger charge is 2.07. The Balaban J connectivity index is 2.15. The minimum absolute atomic E-state index is 0.0579. The fourth-order valence-electron chi connectivity index (χ4n) is 1.87.